The highest BCUT2D eigenvalue weighted by Gasteiger charge is 2.40. The molecular weight excluding hydrogens is 250 g/mol. The van der Waals surface area contributed by atoms with Gasteiger partial charge in [0.1, 0.15) is 0 Å². The van der Waals surface area contributed by atoms with E-state index in [-0.39, 0.29) is 11.8 Å². The van der Waals surface area contributed by atoms with E-state index >= 15 is 0 Å². The zero-order chi connectivity index (χ0) is 13.5. The standard InChI is InChI=1S/C13H21NO3S/c1-3-5-18-6-4-14-12(15)10-7-9(2)8-11(10)13(16)17/h3,9-11H,1,4-8H2,2H3,(H,14,15)(H,16,17)/t9?,10-,11+/m0/s1. The summed E-state index contributed by atoms with van der Waals surface area (Å²) in [7, 11) is 0. The van der Waals surface area contributed by atoms with Gasteiger partial charge in [-0.3, -0.25) is 9.59 Å². The van der Waals surface area contributed by atoms with Gasteiger partial charge in [-0.05, 0) is 18.8 Å². The summed E-state index contributed by atoms with van der Waals surface area (Å²) >= 11 is 1.70. The molecule has 1 fully saturated rings. The van der Waals surface area contributed by atoms with Crippen LogP contribution in [-0.4, -0.2) is 35.0 Å². The maximum absolute atomic E-state index is 11.9. The van der Waals surface area contributed by atoms with Gasteiger partial charge in [-0.15, -0.1) is 6.58 Å². The minimum atomic E-state index is -0.847. The number of hydrogen-bond donors (Lipinski definition) is 2. The van der Waals surface area contributed by atoms with Gasteiger partial charge in [-0.2, -0.15) is 11.8 Å². The smallest absolute Gasteiger partial charge is 0.307 e. The van der Waals surface area contributed by atoms with E-state index in [1.165, 1.54) is 0 Å². The average Bonchev–Trinajstić information content (AvgIpc) is 2.71. The Morgan fingerprint density at radius 3 is 2.72 bits per heavy atom. The first kappa shape index (κ1) is 15.1. The van der Waals surface area contributed by atoms with Crippen LogP contribution < -0.4 is 5.32 Å². The van der Waals surface area contributed by atoms with Crippen LogP contribution in [0.15, 0.2) is 12.7 Å². The van der Waals surface area contributed by atoms with Crippen molar-refractivity contribution in [3.8, 4) is 0 Å². The third kappa shape index (κ3) is 4.37. The Morgan fingerprint density at radius 2 is 2.11 bits per heavy atom. The molecule has 0 aromatic rings. The number of hydrogen-bond acceptors (Lipinski definition) is 3. The molecule has 18 heavy (non-hydrogen) atoms. The van der Waals surface area contributed by atoms with Gasteiger partial charge in [0, 0.05) is 18.1 Å². The number of carbonyl (C=O) groups is 2. The van der Waals surface area contributed by atoms with Crippen molar-refractivity contribution in [2.45, 2.75) is 19.8 Å². The van der Waals surface area contributed by atoms with Crippen LogP contribution in [-0.2, 0) is 9.59 Å². The van der Waals surface area contributed by atoms with Crippen molar-refractivity contribution < 1.29 is 14.7 Å². The van der Waals surface area contributed by atoms with Crippen molar-refractivity contribution in [1.29, 1.82) is 0 Å². The third-order valence-electron chi connectivity index (χ3n) is 3.23. The fraction of sp³-hybridized carbons (Fsp3) is 0.692. The van der Waals surface area contributed by atoms with E-state index in [1.54, 1.807) is 11.8 Å². The summed E-state index contributed by atoms with van der Waals surface area (Å²) in [6, 6.07) is 0. The number of carboxylic acids is 1. The SMILES string of the molecule is C=CCSCCNC(=O)[C@H]1CC(C)C[C@H]1C(=O)O. The van der Waals surface area contributed by atoms with Crippen molar-refractivity contribution in [2.24, 2.45) is 17.8 Å². The van der Waals surface area contributed by atoms with Crippen LogP contribution in [0.5, 0.6) is 0 Å². The van der Waals surface area contributed by atoms with Crippen LogP contribution in [0.1, 0.15) is 19.8 Å². The third-order valence-corrected chi connectivity index (χ3v) is 4.20. The van der Waals surface area contributed by atoms with Crippen LogP contribution in [0.2, 0.25) is 0 Å². The highest BCUT2D eigenvalue weighted by Crippen LogP contribution is 2.36. The summed E-state index contributed by atoms with van der Waals surface area (Å²) in [6.07, 6.45) is 3.12. The van der Waals surface area contributed by atoms with Gasteiger partial charge in [0.2, 0.25) is 5.91 Å². The molecule has 3 atom stereocenters. The van der Waals surface area contributed by atoms with Gasteiger partial charge in [-0.25, -0.2) is 0 Å². The van der Waals surface area contributed by atoms with Crippen molar-refractivity contribution in [3.63, 3.8) is 0 Å². The Kier molecular flexibility index (Phi) is 6.25. The topological polar surface area (TPSA) is 66.4 Å². The van der Waals surface area contributed by atoms with Gasteiger partial charge in [0.25, 0.3) is 0 Å². The van der Waals surface area contributed by atoms with E-state index in [1.807, 2.05) is 13.0 Å². The zero-order valence-electron chi connectivity index (χ0n) is 10.7. The van der Waals surface area contributed by atoms with Crippen LogP contribution in [0.3, 0.4) is 0 Å². The lowest BCUT2D eigenvalue weighted by molar-refractivity contribution is -0.146. The van der Waals surface area contributed by atoms with Crippen LogP contribution in [0.25, 0.3) is 0 Å². The second-order valence-corrected chi connectivity index (χ2v) is 5.93. The molecule has 0 saturated heterocycles. The monoisotopic (exact) mass is 271 g/mol. The molecule has 1 amide bonds. The molecule has 1 unspecified atom stereocenters. The predicted molar refractivity (Wildman–Crippen MR) is 73.5 cm³/mol. The first-order valence-electron chi connectivity index (χ1n) is 6.25. The highest BCUT2D eigenvalue weighted by atomic mass is 32.2. The first-order chi connectivity index (χ1) is 8.56. The maximum atomic E-state index is 11.9. The molecule has 4 nitrogen and oxygen atoms in total. The fourth-order valence-electron chi connectivity index (χ4n) is 2.40. The minimum absolute atomic E-state index is 0.106. The van der Waals surface area contributed by atoms with Crippen LogP contribution in [0, 0.1) is 17.8 Å². The molecule has 1 aliphatic carbocycles. The molecule has 1 saturated carbocycles. The quantitative estimate of drug-likeness (QED) is 0.547. The van der Waals surface area contributed by atoms with E-state index in [9.17, 15) is 9.59 Å². The molecule has 0 bridgehead atoms. The number of aliphatic carboxylic acids is 1. The van der Waals surface area contributed by atoms with Crippen molar-refractivity contribution in [1.82, 2.24) is 5.32 Å². The maximum Gasteiger partial charge on any atom is 0.307 e. The lowest BCUT2D eigenvalue weighted by Crippen LogP contribution is -2.36. The first-order valence-corrected chi connectivity index (χ1v) is 7.40. The number of carbonyl (C=O) groups excluding carboxylic acids is 1. The Balaban J connectivity index is 2.35. The molecule has 1 rings (SSSR count). The Bertz CT molecular complexity index is 319. The number of carboxylic acid groups (broad SMARTS) is 1. The molecule has 0 heterocycles. The zero-order valence-corrected chi connectivity index (χ0v) is 11.5. The molecule has 0 aromatic carbocycles. The van der Waals surface area contributed by atoms with Gasteiger partial charge in [0.15, 0.2) is 0 Å². The Hall–Kier alpha value is -0.970. The van der Waals surface area contributed by atoms with Crippen molar-refractivity contribution in [3.05, 3.63) is 12.7 Å². The summed E-state index contributed by atoms with van der Waals surface area (Å²) in [5.41, 5.74) is 0. The fourth-order valence-corrected chi connectivity index (χ4v) is 2.98. The molecule has 0 aliphatic heterocycles. The average molecular weight is 271 g/mol. The molecule has 2 N–H and O–H groups in total. The summed E-state index contributed by atoms with van der Waals surface area (Å²) in [6.45, 7) is 6.22. The molecule has 0 aromatic heterocycles. The van der Waals surface area contributed by atoms with Gasteiger partial charge >= 0.3 is 5.97 Å². The van der Waals surface area contributed by atoms with E-state index in [2.05, 4.69) is 11.9 Å². The second kappa shape index (κ2) is 7.46. The summed E-state index contributed by atoms with van der Waals surface area (Å²) in [4.78, 5) is 23.0. The van der Waals surface area contributed by atoms with Crippen molar-refractivity contribution in [2.75, 3.05) is 18.1 Å². The second-order valence-electron chi connectivity index (χ2n) is 4.78. The molecule has 0 spiro atoms. The van der Waals surface area contributed by atoms with Gasteiger partial charge < -0.3 is 10.4 Å². The summed E-state index contributed by atoms with van der Waals surface area (Å²) < 4.78 is 0. The van der Waals surface area contributed by atoms with Gasteiger partial charge in [0.05, 0.1) is 11.8 Å². The van der Waals surface area contributed by atoms with Crippen LogP contribution in [0.4, 0.5) is 0 Å². The van der Waals surface area contributed by atoms with E-state index in [4.69, 9.17) is 5.11 Å². The van der Waals surface area contributed by atoms with Crippen LogP contribution >= 0.6 is 11.8 Å². The number of rotatable bonds is 7. The largest absolute Gasteiger partial charge is 0.481 e. The Morgan fingerprint density at radius 1 is 1.44 bits per heavy atom. The molecule has 102 valence electrons. The summed E-state index contributed by atoms with van der Waals surface area (Å²) in [5, 5.41) is 11.9. The van der Waals surface area contributed by atoms with Gasteiger partial charge in [-0.1, -0.05) is 13.0 Å². The molecule has 0 radical (unpaired) electrons. The normalized spacial score (nSPS) is 26.8. The molecular formula is C13H21NO3S. The lowest BCUT2D eigenvalue weighted by atomic mass is 9.95. The minimum Gasteiger partial charge on any atom is -0.481 e. The van der Waals surface area contributed by atoms with E-state index in [0.29, 0.717) is 25.3 Å². The van der Waals surface area contributed by atoms with Crippen molar-refractivity contribution >= 4 is 23.6 Å². The van der Waals surface area contributed by atoms with E-state index < -0.39 is 11.9 Å². The highest BCUT2D eigenvalue weighted by molar-refractivity contribution is 7.99. The van der Waals surface area contributed by atoms with E-state index in [0.717, 1.165) is 11.5 Å². The number of amides is 1. The Labute approximate surface area is 112 Å². The number of thioether (sulfide) groups is 1. The lowest BCUT2D eigenvalue weighted by Gasteiger charge is -2.15. The predicted octanol–water partition coefficient (Wildman–Crippen LogP) is 1.77. The number of nitrogens with one attached hydrogen (secondary N) is 1. The molecule has 1 aliphatic rings. The molecule has 5 heteroatoms. The summed E-state index contributed by atoms with van der Waals surface area (Å²) in [5.74, 6) is 0.192.